The minimum absolute atomic E-state index is 0.801. The first-order chi connectivity index (χ1) is 7.72. The van der Waals surface area contributed by atoms with Crippen LogP contribution in [0.25, 0.3) is 5.69 Å². The van der Waals surface area contributed by atoms with Crippen molar-refractivity contribution in [2.45, 2.75) is 26.7 Å². The van der Waals surface area contributed by atoms with Crippen LogP contribution in [-0.4, -0.2) is 9.55 Å². The Morgan fingerprint density at radius 3 is 2.88 bits per heavy atom. The molecule has 1 aromatic carbocycles. The van der Waals surface area contributed by atoms with Crippen LogP contribution in [-0.2, 0) is 6.42 Å². The molecule has 84 valence electrons. The van der Waals surface area contributed by atoms with Gasteiger partial charge in [0.1, 0.15) is 5.82 Å². The summed E-state index contributed by atoms with van der Waals surface area (Å²) in [5.74, 6) is 1.07. The number of anilines is 1. The molecular formula is C13H17N3. The molecule has 3 heteroatoms. The van der Waals surface area contributed by atoms with E-state index in [1.165, 1.54) is 5.56 Å². The van der Waals surface area contributed by atoms with E-state index in [4.69, 9.17) is 5.73 Å². The van der Waals surface area contributed by atoms with Gasteiger partial charge in [0, 0.05) is 18.8 Å². The molecule has 0 spiro atoms. The van der Waals surface area contributed by atoms with Crippen molar-refractivity contribution in [1.82, 2.24) is 9.55 Å². The van der Waals surface area contributed by atoms with Crippen LogP contribution < -0.4 is 5.73 Å². The van der Waals surface area contributed by atoms with Crippen molar-refractivity contribution in [1.29, 1.82) is 0 Å². The second-order valence-electron chi connectivity index (χ2n) is 4.03. The van der Waals surface area contributed by atoms with Gasteiger partial charge < -0.3 is 10.3 Å². The topological polar surface area (TPSA) is 43.8 Å². The average molecular weight is 215 g/mol. The summed E-state index contributed by atoms with van der Waals surface area (Å²) in [5.41, 5.74) is 9.03. The van der Waals surface area contributed by atoms with E-state index in [-0.39, 0.29) is 0 Å². The Morgan fingerprint density at radius 2 is 2.19 bits per heavy atom. The second kappa shape index (κ2) is 4.39. The standard InChI is InChI=1S/C13H17N3/c1-3-4-13-15-7-8-16(13)12-6-5-10(2)9-11(12)14/h5-9H,3-4,14H2,1-2H3. The Hall–Kier alpha value is -1.77. The summed E-state index contributed by atoms with van der Waals surface area (Å²) in [7, 11) is 0. The maximum Gasteiger partial charge on any atom is 0.113 e. The number of imidazole rings is 1. The number of aryl methyl sites for hydroxylation is 2. The Balaban J connectivity index is 2.46. The van der Waals surface area contributed by atoms with Crippen LogP contribution >= 0.6 is 0 Å². The molecule has 2 aromatic rings. The number of hydrogen-bond acceptors (Lipinski definition) is 2. The Labute approximate surface area is 95.9 Å². The van der Waals surface area contributed by atoms with Crippen LogP contribution in [0.3, 0.4) is 0 Å². The van der Waals surface area contributed by atoms with Crippen molar-refractivity contribution in [2.75, 3.05) is 5.73 Å². The monoisotopic (exact) mass is 215 g/mol. The van der Waals surface area contributed by atoms with Crippen LogP contribution in [0.5, 0.6) is 0 Å². The highest BCUT2D eigenvalue weighted by molar-refractivity contribution is 5.59. The number of aromatic nitrogens is 2. The third-order valence-corrected chi connectivity index (χ3v) is 2.63. The average Bonchev–Trinajstić information content (AvgIpc) is 2.67. The molecule has 2 rings (SSSR count). The number of nitrogens with zero attached hydrogens (tertiary/aromatic N) is 2. The number of nitrogens with two attached hydrogens (primary N) is 1. The van der Waals surface area contributed by atoms with Crippen molar-refractivity contribution in [3.63, 3.8) is 0 Å². The molecule has 0 aliphatic rings. The van der Waals surface area contributed by atoms with Gasteiger partial charge in [-0.05, 0) is 31.0 Å². The molecule has 0 bridgehead atoms. The highest BCUT2D eigenvalue weighted by Crippen LogP contribution is 2.20. The number of rotatable bonds is 3. The summed E-state index contributed by atoms with van der Waals surface area (Å²) in [5, 5.41) is 0. The number of nitrogen functional groups attached to an aromatic ring is 1. The summed E-state index contributed by atoms with van der Waals surface area (Å²) < 4.78 is 2.07. The molecule has 0 radical (unpaired) electrons. The van der Waals surface area contributed by atoms with E-state index in [1.807, 2.05) is 31.5 Å². The van der Waals surface area contributed by atoms with Gasteiger partial charge in [-0.15, -0.1) is 0 Å². The third-order valence-electron chi connectivity index (χ3n) is 2.63. The predicted octanol–water partition coefficient (Wildman–Crippen LogP) is 2.72. The molecule has 0 atom stereocenters. The van der Waals surface area contributed by atoms with E-state index >= 15 is 0 Å². The summed E-state index contributed by atoms with van der Waals surface area (Å²) in [6.45, 7) is 4.19. The van der Waals surface area contributed by atoms with E-state index in [9.17, 15) is 0 Å². The largest absolute Gasteiger partial charge is 0.397 e. The lowest BCUT2D eigenvalue weighted by molar-refractivity contribution is 0.810. The van der Waals surface area contributed by atoms with Crippen LogP contribution in [0.2, 0.25) is 0 Å². The van der Waals surface area contributed by atoms with Crippen molar-refractivity contribution in [2.24, 2.45) is 0 Å². The smallest absolute Gasteiger partial charge is 0.113 e. The van der Waals surface area contributed by atoms with Gasteiger partial charge in [-0.25, -0.2) is 4.98 Å². The minimum Gasteiger partial charge on any atom is -0.397 e. The van der Waals surface area contributed by atoms with Gasteiger partial charge >= 0.3 is 0 Å². The van der Waals surface area contributed by atoms with Crippen LogP contribution in [0.15, 0.2) is 30.6 Å². The first-order valence-electron chi connectivity index (χ1n) is 5.61. The predicted molar refractivity (Wildman–Crippen MR) is 66.7 cm³/mol. The quantitative estimate of drug-likeness (QED) is 0.800. The Morgan fingerprint density at radius 1 is 1.38 bits per heavy atom. The molecule has 0 aliphatic carbocycles. The molecule has 3 nitrogen and oxygen atoms in total. The zero-order valence-electron chi connectivity index (χ0n) is 9.77. The highest BCUT2D eigenvalue weighted by Gasteiger charge is 2.06. The summed E-state index contributed by atoms with van der Waals surface area (Å²) in [4.78, 5) is 4.35. The lowest BCUT2D eigenvalue weighted by Crippen LogP contribution is -2.03. The van der Waals surface area contributed by atoms with Gasteiger partial charge in [0.25, 0.3) is 0 Å². The van der Waals surface area contributed by atoms with Gasteiger partial charge in [0.15, 0.2) is 0 Å². The van der Waals surface area contributed by atoms with E-state index in [1.54, 1.807) is 0 Å². The Kier molecular flexibility index (Phi) is 2.95. The molecule has 16 heavy (non-hydrogen) atoms. The summed E-state index contributed by atoms with van der Waals surface area (Å²) in [6, 6.07) is 6.11. The van der Waals surface area contributed by atoms with Gasteiger partial charge in [-0.1, -0.05) is 13.0 Å². The maximum absolute atomic E-state index is 6.03. The van der Waals surface area contributed by atoms with Gasteiger partial charge in [-0.3, -0.25) is 0 Å². The van der Waals surface area contributed by atoms with Gasteiger partial charge in [0.05, 0.1) is 11.4 Å². The lowest BCUT2D eigenvalue weighted by Gasteiger charge is -2.10. The fourth-order valence-electron chi connectivity index (χ4n) is 1.86. The fourth-order valence-corrected chi connectivity index (χ4v) is 1.86. The molecule has 0 unspecified atom stereocenters. The van der Waals surface area contributed by atoms with Gasteiger partial charge in [0.2, 0.25) is 0 Å². The molecular weight excluding hydrogens is 198 g/mol. The molecule has 0 aliphatic heterocycles. The zero-order valence-corrected chi connectivity index (χ0v) is 9.77. The van der Waals surface area contributed by atoms with E-state index in [2.05, 4.69) is 22.5 Å². The fraction of sp³-hybridized carbons (Fsp3) is 0.308. The van der Waals surface area contributed by atoms with E-state index in [0.717, 1.165) is 30.0 Å². The highest BCUT2D eigenvalue weighted by atomic mass is 15.1. The number of hydrogen-bond donors (Lipinski definition) is 1. The minimum atomic E-state index is 0.801. The molecule has 2 N–H and O–H groups in total. The van der Waals surface area contributed by atoms with Crippen molar-refractivity contribution in [3.8, 4) is 5.69 Å². The van der Waals surface area contributed by atoms with Gasteiger partial charge in [-0.2, -0.15) is 0 Å². The molecule has 0 saturated carbocycles. The lowest BCUT2D eigenvalue weighted by atomic mass is 10.2. The van der Waals surface area contributed by atoms with Crippen LogP contribution in [0.1, 0.15) is 24.7 Å². The Bertz CT molecular complexity index is 486. The van der Waals surface area contributed by atoms with Crippen molar-refractivity contribution < 1.29 is 0 Å². The van der Waals surface area contributed by atoms with Crippen LogP contribution in [0.4, 0.5) is 5.69 Å². The molecule has 0 fully saturated rings. The van der Waals surface area contributed by atoms with Crippen LogP contribution in [0, 0.1) is 6.92 Å². The summed E-state index contributed by atoms with van der Waals surface area (Å²) in [6.07, 6.45) is 5.85. The third kappa shape index (κ3) is 1.94. The second-order valence-corrected chi connectivity index (χ2v) is 4.03. The van der Waals surface area contributed by atoms with Crippen molar-refractivity contribution >= 4 is 5.69 Å². The first-order valence-corrected chi connectivity index (χ1v) is 5.61. The number of benzene rings is 1. The molecule has 1 heterocycles. The maximum atomic E-state index is 6.03. The summed E-state index contributed by atoms with van der Waals surface area (Å²) >= 11 is 0. The normalized spacial score (nSPS) is 10.6. The van der Waals surface area contributed by atoms with E-state index < -0.39 is 0 Å². The molecule has 0 amide bonds. The first kappa shape index (κ1) is 10.7. The van der Waals surface area contributed by atoms with Crippen molar-refractivity contribution in [3.05, 3.63) is 42.0 Å². The molecule has 0 saturated heterocycles. The molecule has 1 aromatic heterocycles. The zero-order chi connectivity index (χ0) is 11.5. The van der Waals surface area contributed by atoms with E-state index in [0.29, 0.717) is 0 Å². The SMILES string of the molecule is CCCc1nccn1-c1ccc(C)cc1N.